The summed E-state index contributed by atoms with van der Waals surface area (Å²) in [5.41, 5.74) is 0. The molecule has 0 spiro atoms. The summed E-state index contributed by atoms with van der Waals surface area (Å²) in [6.07, 6.45) is 2.74. The maximum absolute atomic E-state index is 10.6. The molecule has 4 heteroatoms. The molecular weight excluding hydrogens is 163 g/mol. The maximum atomic E-state index is 10.6. The molecule has 2 atom stereocenters. The summed E-state index contributed by atoms with van der Waals surface area (Å²) in [6.45, 7) is 4.95. The van der Waals surface area contributed by atoms with E-state index in [0.717, 1.165) is 25.9 Å². The summed E-state index contributed by atoms with van der Waals surface area (Å²) < 4.78 is 15.4. The van der Waals surface area contributed by atoms with Crippen molar-refractivity contribution in [1.29, 1.82) is 0 Å². The van der Waals surface area contributed by atoms with Gasteiger partial charge in [0.1, 0.15) is 7.60 Å². The van der Waals surface area contributed by atoms with Crippen LogP contribution in [0.2, 0.25) is 0 Å². The molecule has 0 aliphatic heterocycles. The number of rotatable bonds is 5. The van der Waals surface area contributed by atoms with Gasteiger partial charge in [-0.15, -0.1) is 0 Å². The number of hydrogen-bond acceptors (Lipinski definition) is 3. The second-order valence-corrected chi connectivity index (χ2v) is 4.58. The molecular formula is C7H16O3P-. The molecule has 0 saturated heterocycles. The minimum atomic E-state index is -3.51. The van der Waals surface area contributed by atoms with Crippen molar-refractivity contribution in [1.82, 2.24) is 0 Å². The highest BCUT2D eigenvalue weighted by atomic mass is 31.2. The monoisotopic (exact) mass is 179 g/mol. The van der Waals surface area contributed by atoms with E-state index in [-0.39, 0.29) is 6.10 Å². The van der Waals surface area contributed by atoms with Gasteiger partial charge in [0.2, 0.25) is 0 Å². The Morgan fingerprint density at radius 2 is 2.18 bits per heavy atom. The molecule has 0 aromatic rings. The van der Waals surface area contributed by atoms with Crippen molar-refractivity contribution in [2.24, 2.45) is 0 Å². The maximum Gasteiger partial charge on any atom is 0.132 e. The summed E-state index contributed by atoms with van der Waals surface area (Å²) in [6, 6.07) is 0. The first-order chi connectivity index (χ1) is 4.95. The summed E-state index contributed by atoms with van der Waals surface area (Å²) in [5, 5.41) is 0. The second-order valence-electron chi connectivity index (χ2n) is 2.83. The highest BCUT2D eigenvalue weighted by molar-refractivity contribution is 7.50. The van der Waals surface area contributed by atoms with Crippen LogP contribution in [0.4, 0.5) is 0 Å². The molecule has 0 rings (SSSR count). The first-order valence-corrected chi connectivity index (χ1v) is 5.91. The van der Waals surface area contributed by atoms with E-state index in [1.165, 1.54) is 0 Å². The Bertz CT molecular complexity index is 141. The molecule has 0 bridgehead atoms. The molecule has 0 aliphatic rings. The molecule has 0 radical (unpaired) electrons. The minimum Gasteiger partial charge on any atom is -0.779 e. The van der Waals surface area contributed by atoms with Crippen molar-refractivity contribution in [3.8, 4) is 0 Å². The van der Waals surface area contributed by atoms with E-state index in [4.69, 9.17) is 4.52 Å². The van der Waals surface area contributed by atoms with E-state index in [1.807, 2.05) is 0 Å². The predicted molar refractivity (Wildman–Crippen MR) is 43.6 cm³/mol. The molecule has 0 amide bonds. The first kappa shape index (κ1) is 11.2. The Morgan fingerprint density at radius 3 is 2.55 bits per heavy atom. The first-order valence-electron chi connectivity index (χ1n) is 3.92. The van der Waals surface area contributed by atoms with Gasteiger partial charge in [0, 0.05) is 6.66 Å². The fraction of sp³-hybridized carbons (Fsp3) is 1.00. The molecule has 0 aliphatic carbocycles. The van der Waals surface area contributed by atoms with Crippen molar-refractivity contribution in [2.45, 2.75) is 39.2 Å². The number of hydrogen-bond donors (Lipinski definition) is 0. The second kappa shape index (κ2) is 4.91. The molecule has 0 fully saturated rings. The van der Waals surface area contributed by atoms with E-state index in [2.05, 4.69) is 6.92 Å². The summed E-state index contributed by atoms with van der Waals surface area (Å²) in [4.78, 5) is 10.6. The van der Waals surface area contributed by atoms with Crippen LogP contribution in [0.15, 0.2) is 0 Å². The van der Waals surface area contributed by atoms with Gasteiger partial charge < -0.3 is 14.0 Å². The molecule has 11 heavy (non-hydrogen) atoms. The zero-order chi connectivity index (χ0) is 8.91. The van der Waals surface area contributed by atoms with Crippen LogP contribution in [0.25, 0.3) is 0 Å². The van der Waals surface area contributed by atoms with Crippen LogP contribution in [-0.4, -0.2) is 12.8 Å². The molecule has 68 valence electrons. The molecule has 2 unspecified atom stereocenters. The minimum absolute atomic E-state index is 0.164. The zero-order valence-corrected chi connectivity index (χ0v) is 8.27. The highest BCUT2D eigenvalue weighted by Crippen LogP contribution is 2.33. The molecule has 0 N–H and O–H groups in total. The Kier molecular flexibility index (Phi) is 4.98. The Morgan fingerprint density at radius 1 is 1.64 bits per heavy atom. The van der Waals surface area contributed by atoms with Gasteiger partial charge in [-0.05, 0) is 13.3 Å². The van der Waals surface area contributed by atoms with E-state index >= 15 is 0 Å². The van der Waals surface area contributed by atoms with Gasteiger partial charge in [0.15, 0.2) is 0 Å². The van der Waals surface area contributed by atoms with E-state index in [9.17, 15) is 9.46 Å². The number of unbranched alkanes of at least 4 members (excludes halogenated alkanes) is 1. The Labute approximate surface area is 68.3 Å². The van der Waals surface area contributed by atoms with Crippen molar-refractivity contribution >= 4 is 7.60 Å². The van der Waals surface area contributed by atoms with Gasteiger partial charge in [0.05, 0.1) is 6.10 Å². The Hall–Kier alpha value is 0.150. The quantitative estimate of drug-likeness (QED) is 0.604. The summed E-state index contributed by atoms with van der Waals surface area (Å²) in [7, 11) is -3.51. The summed E-state index contributed by atoms with van der Waals surface area (Å²) >= 11 is 0. The molecule has 0 aromatic heterocycles. The van der Waals surface area contributed by atoms with Gasteiger partial charge in [-0.25, -0.2) is 0 Å². The third kappa shape index (κ3) is 8.05. The smallest absolute Gasteiger partial charge is 0.132 e. The lowest BCUT2D eigenvalue weighted by atomic mass is 10.2. The average molecular weight is 179 g/mol. The average Bonchev–Trinajstić information content (AvgIpc) is 1.79. The third-order valence-corrected chi connectivity index (χ3v) is 2.08. The lowest BCUT2D eigenvalue weighted by Gasteiger charge is -2.22. The van der Waals surface area contributed by atoms with Crippen molar-refractivity contribution < 1.29 is 14.0 Å². The Balaban J connectivity index is 3.52. The van der Waals surface area contributed by atoms with E-state index in [1.54, 1.807) is 6.92 Å². The highest BCUT2D eigenvalue weighted by Gasteiger charge is 2.06. The van der Waals surface area contributed by atoms with Crippen LogP contribution < -0.4 is 4.89 Å². The van der Waals surface area contributed by atoms with Gasteiger partial charge in [-0.3, -0.25) is 0 Å². The normalized spacial score (nSPS) is 19.3. The van der Waals surface area contributed by atoms with Gasteiger partial charge >= 0.3 is 0 Å². The molecule has 0 heterocycles. The molecule has 3 nitrogen and oxygen atoms in total. The largest absolute Gasteiger partial charge is 0.779 e. The third-order valence-electron chi connectivity index (χ3n) is 1.34. The SMILES string of the molecule is CCCCC(C)OP(C)(=O)[O-]. The topological polar surface area (TPSA) is 49.4 Å². The molecule has 0 aromatic carbocycles. The molecule has 0 saturated carbocycles. The van der Waals surface area contributed by atoms with E-state index < -0.39 is 7.60 Å². The van der Waals surface area contributed by atoms with Crippen molar-refractivity contribution in [2.75, 3.05) is 6.66 Å². The van der Waals surface area contributed by atoms with Crippen LogP contribution in [0.3, 0.4) is 0 Å². The van der Waals surface area contributed by atoms with Crippen LogP contribution >= 0.6 is 7.60 Å². The van der Waals surface area contributed by atoms with Gasteiger partial charge in [0.25, 0.3) is 0 Å². The standard InChI is InChI=1S/C7H17O3P/c1-4-5-6-7(2)10-11(3,8)9/h7H,4-6H2,1-3H3,(H,8,9)/p-1. The fourth-order valence-corrected chi connectivity index (χ4v) is 1.63. The predicted octanol–water partition coefficient (Wildman–Crippen LogP) is 1.76. The lowest BCUT2D eigenvalue weighted by Crippen LogP contribution is -2.11. The van der Waals surface area contributed by atoms with Crippen molar-refractivity contribution in [3.05, 3.63) is 0 Å². The van der Waals surface area contributed by atoms with Crippen LogP contribution in [0, 0.1) is 0 Å². The van der Waals surface area contributed by atoms with E-state index in [0.29, 0.717) is 0 Å². The fourth-order valence-electron chi connectivity index (χ4n) is 0.871. The van der Waals surface area contributed by atoms with Crippen LogP contribution in [0.1, 0.15) is 33.1 Å². The van der Waals surface area contributed by atoms with Crippen molar-refractivity contribution in [3.63, 3.8) is 0 Å². The van der Waals surface area contributed by atoms with Gasteiger partial charge in [-0.2, -0.15) is 0 Å². The lowest BCUT2D eigenvalue weighted by molar-refractivity contribution is -0.200. The van der Waals surface area contributed by atoms with Crippen LogP contribution in [-0.2, 0) is 9.09 Å². The zero-order valence-electron chi connectivity index (χ0n) is 7.37. The van der Waals surface area contributed by atoms with Gasteiger partial charge in [-0.1, -0.05) is 19.8 Å². The van der Waals surface area contributed by atoms with Crippen LogP contribution in [0.5, 0.6) is 0 Å². The summed E-state index contributed by atoms with van der Waals surface area (Å²) in [5.74, 6) is 0.